The zero-order chi connectivity index (χ0) is 30.5. The van der Waals surface area contributed by atoms with E-state index in [1.54, 1.807) is 55.5 Å². The first-order chi connectivity index (χ1) is 19.1. The number of hydrogen-bond acceptors (Lipinski definition) is 4. The Morgan fingerprint density at radius 1 is 0.902 bits per heavy atom. The largest absolute Gasteiger partial charge is 0.350 e. The summed E-state index contributed by atoms with van der Waals surface area (Å²) < 4.78 is 29.0. The highest BCUT2D eigenvalue weighted by Gasteiger charge is 2.35. The molecule has 0 aliphatic carbocycles. The van der Waals surface area contributed by atoms with Crippen LogP contribution in [0.15, 0.2) is 71.6 Å². The van der Waals surface area contributed by atoms with Gasteiger partial charge in [0.1, 0.15) is 12.6 Å². The second-order valence-corrected chi connectivity index (χ2v) is 13.7. The summed E-state index contributed by atoms with van der Waals surface area (Å²) in [6.07, 6.45) is 0.283. The van der Waals surface area contributed by atoms with Crippen LogP contribution >= 0.6 is 23.2 Å². The molecule has 0 bridgehead atoms. The maximum atomic E-state index is 14.2. The molecular formula is C31H37Cl2N3O4S. The number of carbonyl (C=O) groups is 2. The van der Waals surface area contributed by atoms with Crippen molar-refractivity contribution in [2.24, 2.45) is 0 Å². The van der Waals surface area contributed by atoms with E-state index in [1.165, 1.54) is 17.0 Å². The molecule has 0 aliphatic rings. The molecule has 0 heterocycles. The molecule has 41 heavy (non-hydrogen) atoms. The molecule has 220 valence electrons. The van der Waals surface area contributed by atoms with Gasteiger partial charge in [-0.15, -0.1) is 0 Å². The number of rotatable bonds is 10. The van der Waals surface area contributed by atoms with Gasteiger partial charge in [-0.3, -0.25) is 13.9 Å². The number of sulfonamides is 1. The fraction of sp³-hybridized carbons (Fsp3) is 0.355. The van der Waals surface area contributed by atoms with Gasteiger partial charge in [0.25, 0.3) is 10.0 Å². The summed E-state index contributed by atoms with van der Waals surface area (Å²) in [5, 5.41) is 3.62. The van der Waals surface area contributed by atoms with Gasteiger partial charge in [0.15, 0.2) is 0 Å². The first kappa shape index (κ1) is 32.4. The Hall–Kier alpha value is -3.07. The first-order valence-corrected chi connectivity index (χ1v) is 15.5. The fourth-order valence-electron chi connectivity index (χ4n) is 4.38. The lowest BCUT2D eigenvalue weighted by Crippen LogP contribution is -2.55. The van der Waals surface area contributed by atoms with Crippen molar-refractivity contribution < 1.29 is 18.0 Å². The zero-order valence-electron chi connectivity index (χ0n) is 24.2. The van der Waals surface area contributed by atoms with Crippen LogP contribution in [0.25, 0.3) is 0 Å². The maximum Gasteiger partial charge on any atom is 0.264 e. The topological polar surface area (TPSA) is 86.8 Å². The molecule has 2 amide bonds. The minimum Gasteiger partial charge on any atom is -0.350 e. The Kier molecular flexibility index (Phi) is 10.5. The normalized spacial score (nSPS) is 12.5. The van der Waals surface area contributed by atoms with Crippen molar-refractivity contribution in [1.29, 1.82) is 0 Å². The van der Waals surface area contributed by atoms with E-state index in [-0.39, 0.29) is 23.8 Å². The van der Waals surface area contributed by atoms with Crippen LogP contribution in [0.5, 0.6) is 0 Å². The average molecular weight is 619 g/mol. The van der Waals surface area contributed by atoms with Crippen molar-refractivity contribution in [3.05, 3.63) is 93.5 Å². The molecule has 10 heteroatoms. The zero-order valence-corrected chi connectivity index (χ0v) is 26.6. The molecule has 0 saturated carbocycles. The molecule has 0 fully saturated rings. The lowest BCUT2D eigenvalue weighted by molar-refractivity contribution is -0.141. The van der Waals surface area contributed by atoms with Crippen LogP contribution < -0.4 is 9.62 Å². The number of carbonyl (C=O) groups excluding carboxylic acids is 2. The summed E-state index contributed by atoms with van der Waals surface area (Å²) in [5.74, 6) is -0.936. The summed E-state index contributed by atoms with van der Waals surface area (Å²) in [4.78, 5) is 29.1. The Morgan fingerprint density at radius 3 is 2.02 bits per heavy atom. The number of nitrogens with zero attached hydrogens (tertiary/aromatic N) is 2. The molecule has 0 spiro atoms. The smallest absolute Gasteiger partial charge is 0.264 e. The van der Waals surface area contributed by atoms with Crippen LogP contribution in [0.1, 0.15) is 50.8 Å². The average Bonchev–Trinajstić information content (AvgIpc) is 2.87. The van der Waals surface area contributed by atoms with Gasteiger partial charge in [0, 0.05) is 27.7 Å². The van der Waals surface area contributed by atoms with Gasteiger partial charge in [-0.05, 0) is 83.0 Å². The van der Waals surface area contributed by atoms with E-state index in [0.29, 0.717) is 21.3 Å². The number of benzene rings is 3. The lowest BCUT2D eigenvalue weighted by Gasteiger charge is -2.35. The first-order valence-electron chi connectivity index (χ1n) is 13.3. The summed E-state index contributed by atoms with van der Waals surface area (Å²) in [6.45, 7) is 10.4. The van der Waals surface area contributed by atoms with Crippen LogP contribution in [0.4, 0.5) is 5.69 Å². The van der Waals surface area contributed by atoms with Gasteiger partial charge in [0.05, 0.1) is 10.6 Å². The molecule has 7 nitrogen and oxygen atoms in total. The van der Waals surface area contributed by atoms with E-state index in [9.17, 15) is 18.0 Å². The molecule has 3 aromatic rings. The van der Waals surface area contributed by atoms with Crippen LogP contribution in [0.2, 0.25) is 10.0 Å². The third-order valence-corrected chi connectivity index (χ3v) is 8.95. The number of hydrogen-bond donors (Lipinski definition) is 1. The quantitative estimate of drug-likeness (QED) is 0.280. The highest BCUT2D eigenvalue weighted by molar-refractivity contribution is 7.92. The molecule has 0 saturated heterocycles. The Balaban J connectivity index is 2.12. The summed E-state index contributed by atoms with van der Waals surface area (Å²) in [6, 6.07) is 17.5. The van der Waals surface area contributed by atoms with Gasteiger partial charge in [-0.2, -0.15) is 0 Å². The van der Waals surface area contributed by atoms with Gasteiger partial charge < -0.3 is 10.2 Å². The molecule has 0 unspecified atom stereocenters. The predicted molar refractivity (Wildman–Crippen MR) is 166 cm³/mol. The Bertz CT molecular complexity index is 1480. The van der Waals surface area contributed by atoms with Crippen LogP contribution in [-0.2, 0) is 26.2 Å². The van der Waals surface area contributed by atoms with Crippen molar-refractivity contribution in [3.63, 3.8) is 0 Å². The lowest BCUT2D eigenvalue weighted by atomic mass is 10.1. The second kappa shape index (κ2) is 13.3. The number of anilines is 1. The second-order valence-electron chi connectivity index (χ2n) is 11.0. The minimum absolute atomic E-state index is 0.0515. The van der Waals surface area contributed by atoms with E-state index in [4.69, 9.17) is 23.2 Å². The number of nitrogens with one attached hydrogen (secondary N) is 1. The molecule has 0 aliphatic heterocycles. The number of aryl methyl sites for hydroxylation is 2. The third kappa shape index (κ3) is 8.24. The maximum absolute atomic E-state index is 14.2. The van der Waals surface area contributed by atoms with Crippen molar-refractivity contribution in [2.45, 2.75) is 71.0 Å². The van der Waals surface area contributed by atoms with Gasteiger partial charge >= 0.3 is 0 Å². The summed E-state index contributed by atoms with van der Waals surface area (Å²) >= 11 is 12.9. The van der Waals surface area contributed by atoms with Gasteiger partial charge in [-0.1, -0.05) is 66.0 Å². The molecule has 1 N–H and O–H groups in total. The molecule has 3 aromatic carbocycles. The fourth-order valence-corrected chi connectivity index (χ4v) is 6.30. The number of amides is 2. The van der Waals surface area contributed by atoms with E-state index < -0.39 is 34.1 Å². The Labute approximate surface area is 253 Å². The van der Waals surface area contributed by atoms with Gasteiger partial charge in [0.2, 0.25) is 11.8 Å². The van der Waals surface area contributed by atoms with Crippen LogP contribution in [0.3, 0.4) is 0 Å². The van der Waals surface area contributed by atoms with Crippen molar-refractivity contribution in [2.75, 3.05) is 10.8 Å². The van der Waals surface area contributed by atoms with Crippen LogP contribution in [-0.4, -0.2) is 43.3 Å². The number of halogens is 2. The third-order valence-electron chi connectivity index (χ3n) is 6.45. The molecule has 1 atom stereocenters. The van der Waals surface area contributed by atoms with Crippen molar-refractivity contribution in [3.8, 4) is 0 Å². The molecule has 0 radical (unpaired) electrons. The minimum atomic E-state index is -4.15. The van der Waals surface area contributed by atoms with E-state index >= 15 is 0 Å². The molecule has 0 aromatic heterocycles. The summed E-state index contributed by atoms with van der Waals surface area (Å²) in [7, 11) is -4.15. The molecule has 3 rings (SSSR count). The van der Waals surface area contributed by atoms with Crippen molar-refractivity contribution >= 4 is 50.7 Å². The van der Waals surface area contributed by atoms with E-state index in [2.05, 4.69) is 5.32 Å². The van der Waals surface area contributed by atoms with Gasteiger partial charge in [-0.25, -0.2) is 8.42 Å². The predicted octanol–water partition coefficient (Wildman–Crippen LogP) is 6.53. The highest BCUT2D eigenvalue weighted by Crippen LogP contribution is 2.29. The van der Waals surface area contributed by atoms with Crippen molar-refractivity contribution in [1.82, 2.24) is 10.2 Å². The Morgan fingerprint density at radius 2 is 1.49 bits per heavy atom. The summed E-state index contributed by atoms with van der Waals surface area (Å²) in [5.41, 5.74) is 1.98. The van der Waals surface area contributed by atoms with E-state index in [0.717, 1.165) is 15.4 Å². The monoisotopic (exact) mass is 617 g/mol. The van der Waals surface area contributed by atoms with Crippen LogP contribution in [0, 0.1) is 13.8 Å². The highest BCUT2D eigenvalue weighted by atomic mass is 35.5. The van der Waals surface area contributed by atoms with E-state index in [1.807, 2.05) is 40.7 Å². The standard InChI is InChI=1S/C31H37Cl2N3O4S/c1-7-28(30(38)34-31(4,5)6)35(19-25-26(32)12-9-13-27(25)33)29(37)20-36(23-11-8-10-22(3)18-23)41(39,40)24-16-14-21(2)15-17-24/h8-18,28H,7,19-20H2,1-6H3,(H,34,38)/t28-/m1/s1. The molecular weight excluding hydrogens is 581 g/mol. The SMILES string of the molecule is CC[C@H](C(=O)NC(C)(C)C)N(Cc1c(Cl)cccc1Cl)C(=O)CN(c1cccc(C)c1)S(=O)(=O)c1ccc(C)cc1.